The van der Waals surface area contributed by atoms with Crippen molar-refractivity contribution in [3.63, 3.8) is 0 Å². The summed E-state index contributed by atoms with van der Waals surface area (Å²) < 4.78 is 16.7. The Balaban J connectivity index is 1.91. The van der Waals surface area contributed by atoms with Gasteiger partial charge in [0.1, 0.15) is 6.61 Å². The average molecular weight is 386 g/mol. The molecule has 5 nitrogen and oxygen atoms in total. The minimum absolute atomic E-state index is 0.171. The molecule has 4 rings (SSSR count). The van der Waals surface area contributed by atoms with E-state index in [4.69, 9.17) is 0 Å². The minimum Gasteiger partial charge on any atom is -0.388 e. The number of fused-ring (bicyclic) bond motifs is 5. The normalized spacial score (nSPS) is 46.8. The van der Waals surface area contributed by atoms with E-state index in [2.05, 4.69) is 6.58 Å². The van der Waals surface area contributed by atoms with Crippen molar-refractivity contribution in [2.45, 2.75) is 38.0 Å². The zero-order chi connectivity index (χ0) is 20.7. The van der Waals surface area contributed by atoms with Gasteiger partial charge < -0.3 is 10.2 Å². The number of alkyl halides is 1. The van der Waals surface area contributed by atoms with E-state index >= 15 is 4.39 Å². The molecule has 0 bridgehead atoms. The Morgan fingerprint density at radius 1 is 1.32 bits per heavy atom. The molecule has 0 aromatic heterocycles. The summed E-state index contributed by atoms with van der Waals surface area (Å²) in [6, 6.07) is 0. The predicted octanol–water partition coefficient (Wildman–Crippen LogP) is 1.80. The Morgan fingerprint density at radius 2 is 2.00 bits per heavy atom. The number of hydrogen-bond donors (Lipinski definition) is 2. The molecular formula is C22H23FO5. The number of hydrogen-bond acceptors (Lipinski definition) is 5. The van der Waals surface area contributed by atoms with Crippen LogP contribution >= 0.6 is 0 Å². The van der Waals surface area contributed by atoms with E-state index < -0.39 is 52.1 Å². The van der Waals surface area contributed by atoms with E-state index in [-0.39, 0.29) is 24.2 Å². The van der Waals surface area contributed by atoms with Crippen molar-refractivity contribution in [3.05, 3.63) is 48.1 Å². The van der Waals surface area contributed by atoms with Gasteiger partial charge in [0.2, 0.25) is 0 Å². The molecule has 0 spiro atoms. The summed E-state index contributed by atoms with van der Waals surface area (Å²) in [6.07, 6.45) is 7.14. The molecule has 0 radical (unpaired) electrons. The first-order valence-corrected chi connectivity index (χ1v) is 9.37. The third kappa shape index (κ3) is 1.85. The largest absolute Gasteiger partial charge is 0.388 e. The van der Waals surface area contributed by atoms with E-state index in [1.807, 2.05) is 0 Å². The third-order valence-corrected chi connectivity index (χ3v) is 7.71. The van der Waals surface area contributed by atoms with Crippen molar-refractivity contribution in [2.24, 2.45) is 22.7 Å². The van der Waals surface area contributed by atoms with Crippen molar-refractivity contribution in [1.82, 2.24) is 0 Å². The van der Waals surface area contributed by atoms with Gasteiger partial charge in [-0.3, -0.25) is 14.4 Å². The van der Waals surface area contributed by atoms with Crippen molar-refractivity contribution >= 4 is 17.3 Å². The molecule has 0 amide bonds. The summed E-state index contributed by atoms with van der Waals surface area (Å²) in [7, 11) is 0. The molecule has 0 heterocycles. The monoisotopic (exact) mass is 386 g/mol. The molecule has 6 heteroatoms. The van der Waals surface area contributed by atoms with Gasteiger partial charge in [-0.05, 0) is 42.6 Å². The number of Topliss-reactive ketones (excluding diaryl/α,β-unsaturated/α-hetero) is 2. The lowest BCUT2D eigenvalue weighted by Crippen LogP contribution is -2.66. The highest BCUT2D eigenvalue weighted by molar-refractivity contribution is 6.03. The molecule has 2 fully saturated rings. The van der Waals surface area contributed by atoms with Crippen molar-refractivity contribution in [3.8, 4) is 0 Å². The third-order valence-electron chi connectivity index (χ3n) is 7.71. The first-order valence-electron chi connectivity index (χ1n) is 9.37. The van der Waals surface area contributed by atoms with Gasteiger partial charge in [-0.2, -0.15) is 0 Å². The zero-order valence-electron chi connectivity index (χ0n) is 15.9. The number of carbonyl (C=O) groups excluding carboxylic acids is 3. The molecule has 0 unspecified atom stereocenters. The van der Waals surface area contributed by atoms with Crippen molar-refractivity contribution in [2.75, 3.05) is 6.61 Å². The van der Waals surface area contributed by atoms with Crippen LogP contribution in [0.15, 0.2) is 48.1 Å². The fourth-order valence-corrected chi connectivity index (χ4v) is 6.01. The number of ketones is 3. The lowest BCUT2D eigenvalue weighted by atomic mass is 9.47. The molecule has 2 N–H and O–H groups in total. The standard InChI is InChI=1S/C22H23FO5/c1-12-8-16-15-5-4-13-9-14(25)6-7-19(13,2)21(15,23)17(26)10-20(16,3)22(12,28)18(27)11-24/h4-7,9,15-16,24,28H,1,8,10-11H2,2-3H3/t15-,16-,19-,20-,21-,22-/m0/s1. The van der Waals surface area contributed by atoms with Crippen LogP contribution in [0.5, 0.6) is 0 Å². The molecule has 4 aliphatic carbocycles. The van der Waals surface area contributed by atoms with Crippen molar-refractivity contribution < 1.29 is 29.0 Å². The molecule has 2 saturated carbocycles. The second kappa shape index (κ2) is 5.45. The molecule has 0 aromatic rings. The van der Waals surface area contributed by atoms with Gasteiger partial charge in [-0.15, -0.1) is 0 Å². The maximum Gasteiger partial charge on any atom is 0.194 e. The smallest absolute Gasteiger partial charge is 0.194 e. The fraction of sp³-hybridized carbons (Fsp3) is 0.500. The summed E-state index contributed by atoms with van der Waals surface area (Å²) in [5.74, 6) is -3.24. The molecule has 28 heavy (non-hydrogen) atoms. The van der Waals surface area contributed by atoms with Crippen LogP contribution in [-0.2, 0) is 14.4 Å². The van der Waals surface area contributed by atoms with E-state index in [9.17, 15) is 24.6 Å². The Bertz CT molecular complexity index is 929. The lowest BCUT2D eigenvalue weighted by molar-refractivity contribution is -0.174. The maximum absolute atomic E-state index is 16.7. The second-order valence-electron chi connectivity index (χ2n) is 8.86. The van der Waals surface area contributed by atoms with E-state index in [1.165, 1.54) is 18.2 Å². The van der Waals surface area contributed by atoms with Gasteiger partial charge in [-0.1, -0.05) is 31.7 Å². The number of rotatable bonds is 2. The van der Waals surface area contributed by atoms with Gasteiger partial charge in [0.05, 0.1) is 5.41 Å². The maximum atomic E-state index is 16.7. The highest BCUT2D eigenvalue weighted by Gasteiger charge is 2.74. The van der Waals surface area contributed by atoms with Crippen LogP contribution in [-0.4, -0.2) is 45.4 Å². The Hall–Kier alpha value is -2.18. The Labute approximate surface area is 162 Å². The van der Waals surface area contributed by atoms with Gasteiger partial charge in [0.15, 0.2) is 28.6 Å². The number of carbonyl (C=O) groups is 3. The molecular weight excluding hydrogens is 363 g/mol. The first kappa shape index (κ1) is 19.2. The summed E-state index contributed by atoms with van der Waals surface area (Å²) >= 11 is 0. The number of aliphatic hydroxyl groups excluding tert-OH is 1. The van der Waals surface area contributed by atoms with Gasteiger partial charge in [-0.25, -0.2) is 4.39 Å². The van der Waals surface area contributed by atoms with Gasteiger partial charge in [0, 0.05) is 17.8 Å². The molecule has 0 aromatic carbocycles. The summed E-state index contributed by atoms with van der Waals surface area (Å²) in [6.45, 7) is 6.15. The summed E-state index contributed by atoms with van der Waals surface area (Å²) in [4.78, 5) is 37.5. The van der Waals surface area contributed by atoms with Gasteiger partial charge >= 0.3 is 0 Å². The number of aliphatic hydroxyl groups is 2. The number of allylic oxidation sites excluding steroid dienone is 6. The van der Waals surface area contributed by atoms with E-state index in [1.54, 1.807) is 26.0 Å². The molecule has 0 aliphatic heterocycles. The Morgan fingerprint density at radius 3 is 2.64 bits per heavy atom. The molecule has 148 valence electrons. The zero-order valence-corrected chi connectivity index (χ0v) is 15.9. The van der Waals surface area contributed by atoms with E-state index in [0.29, 0.717) is 5.57 Å². The predicted molar refractivity (Wildman–Crippen MR) is 98.8 cm³/mol. The highest BCUT2D eigenvalue weighted by Crippen LogP contribution is 2.68. The quantitative estimate of drug-likeness (QED) is 0.706. The minimum atomic E-state index is -2.30. The van der Waals surface area contributed by atoms with Crippen LogP contribution in [0.2, 0.25) is 0 Å². The van der Waals surface area contributed by atoms with Crippen LogP contribution < -0.4 is 0 Å². The molecule has 0 saturated heterocycles. The van der Waals surface area contributed by atoms with Crippen LogP contribution in [0.1, 0.15) is 26.7 Å². The highest BCUT2D eigenvalue weighted by atomic mass is 19.1. The average Bonchev–Trinajstić information content (AvgIpc) is 2.84. The van der Waals surface area contributed by atoms with Gasteiger partial charge in [0.25, 0.3) is 0 Å². The van der Waals surface area contributed by atoms with Crippen LogP contribution in [0, 0.1) is 22.7 Å². The Kier molecular flexibility index (Phi) is 3.73. The lowest BCUT2D eigenvalue weighted by Gasteiger charge is -2.57. The summed E-state index contributed by atoms with van der Waals surface area (Å²) in [5.41, 5.74) is -6.31. The molecule has 4 aliphatic rings. The number of halogens is 1. The fourth-order valence-electron chi connectivity index (χ4n) is 6.01. The van der Waals surface area contributed by atoms with E-state index in [0.717, 1.165) is 0 Å². The SMILES string of the molecule is C=C1C[C@H]2[C@@H]3C=CC4=CC(=O)C=C[C@]4(C)[C@@]3(F)C(=O)C[C@]2(C)[C@@]1(O)C(=O)CO. The molecule has 6 atom stereocenters. The topological polar surface area (TPSA) is 91.7 Å². The first-order chi connectivity index (χ1) is 13.0. The van der Waals surface area contributed by atoms with Crippen LogP contribution in [0.4, 0.5) is 4.39 Å². The van der Waals surface area contributed by atoms with Crippen LogP contribution in [0.25, 0.3) is 0 Å². The van der Waals surface area contributed by atoms with Crippen LogP contribution in [0.3, 0.4) is 0 Å². The van der Waals surface area contributed by atoms with Crippen molar-refractivity contribution in [1.29, 1.82) is 0 Å². The second-order valence-corrected chi connectivity index (χ2v) is 8.86. The summed E-state index contributed by atoms with van der Waals surface area (Å²) in [5, 5.41) is 20.6.